The van der Waals surface area contributed by atoms with Gasteiger partial charge in [0.1, 0.15) is 0 Å². The second-order valence-corrected chi connectivity index (χ2v) is 4.75. The van der Waals surface area contributed by atoms with Crippen LogP contribution in [0.15, 0.2) is 30.6 Å². The maximum absolute atomic E-state index is 5.99. The average molecular weight is 224 g/mol. The van der Waals surface area contributed by atoms with Gasteiger partial charge in [0, 0.05) is 22.8 Å². The van der Waals surface area contributed by atoms with E-state index in [-0.39, 0.29) is 0 Å². The maximum Gasteiger partial charge on any atom is 0.0937 e. The third kappa shape index (κ3) is 1.81. The van der Waals surface area contributed by atoms with Gasteiger partial charge in [-0.3, -0.25) is 4.98 Å². The normalized spacial score (nSPS) is 10.4. The van der Waals surface area contributed by atoms with Crippen LogP contribution < -0.4 is 0 Å². The number of pyridine rings is 1. The van der Waals surface area contributed by atoms with Gasteiger partial charge in [-0.25, -0.2) is 0 Å². The molecule has 0 saturated carbocycles. The molecule has 0 aromatic carbocycles. The number of nitrogens with zero attached hydrogens (tertiary/aromatic N) is 1. The van der Waals surface area contributed by atoms with Crippen molar-refractivity contribution >= 4 is 22.9 Å². The number of hydrogen-bond donors (Lipinski definition) is 0. The molecule has 0 fully saturated rings. The van der Waals surface area contributed by atoms with Crippen molar-refractivity contribution in [3.8, 4) is 11.1 Å². The Balaban J connectivity index is 2.51. The summed E-state index contributed by atoms with van der Waals surface area (Å²) in [5.41, 5.74) is 2.36. The molecule has 2 aromatic rings. The molecular formula is C11H10ClNS. The van der Waals surface area contributed by atoms with Crippen molar-refractivity contribution in [1.82, 2.24) is 4.98 Å². The smallest absolute Gasteiger partial charge is 0.0937 e. The van der Waals surface area contributed by atoms with E-state index in [2.05, 4.69) is 18.0 Å². The molecule has 0 aliphatic rings. The second-order valence-electron chi connectivity index (χ2n) is 2.98. The SMILES string of the molecule is CCc1sc(Cl)cc1-c1cccnc1. The van der Waals surface area contributed by atoms with Crippen LogP contribution in [0.4, 0.5) is 0 Å². The minimum absolute atomic E-state index is 0.848. The van der Waals surface area contributed by atoms with E-state index >= 15 is 0 Å². The Morgan fingerprint density at radius 2 is 2.36 bits per heavy atom. The summed E-state index contributed by atoms with van der Waals surface area (Å²) in [6.45, 7) is 2.14. The Morgan fingerprint density at radius 1 is 1.50 bits per heavy atom. The highest BCUT2D eigenvalue weighted by atomic mass is 35.5. The first-order valence-electron chi connectivity index (χ1n) is 4.50. The molecule has 14 heavy (non-hydrogen) atoms. The fourth-order valence-electron chi connectivity index (χ4n) is 1.43. The summed E-state index contributed by atoms with van der Waals surface area (Å²) in [6, 6.07) is 6.02. The lowest BCUT2D eigenvalue weighted by Gasteiger charge is -1.99. The molecular weight excluding hydrogens is 214 g/mol. The molecule has 2 aromatic heterocycles. The van der Waals surface area contributed by atoms with E-state index in [1.165, 1.54) is 10.4 Å². The first kappa shape index (κ1) is 9.69. The summed E-state index contributed by atoms with van der Waals surface area (Å²) in [5.74, 6) is 0. The van der Waals surface area contributed by atoms with Gasteiger partial charge < -0.3 is 0 Å². The molecule has 72 valence electrons. The summed E-state index contributed by atoms with van der Waals surface area (Å²) in [7, 11) is 0. The molecule has 0 spiro atoms. The minimum Gasteiger partial charge on any atom is -0.264 e. The molecule has 1 nitrogen and oxygen atoms in total. The molecule has 2 rings (SSSR count). The van der Waals surface area contributed by atoms with E-state index in [0.717, 1.165) is 16.3 Å². The molecule has 2 heterocycles. The Kier molecular flexibility index (Phi) is 2.85. The first-order chi connectivity index (χ1) is 6.81. The van der Waals surface area contributed by atoms with Gasteiger partial charge in [-0.05, 0) is 24.1 Å². The molecule has 0 bridgehead atoms. The lowest BCUT2D eigenvalue weighted by molar-refractivity contribution is 1.18. The lowest BCUT2D eigenvalue weighted by Crippen LogP contribution is -1.80. The van der Waals surface area contributed by atoms with Crippen LogP contribution in [0.25, 0.3) is 11.1 Å². The van der Waals surface area contributed by atoms with Crippen molar-refractivity contribution in [3.05, 3.63) is 39.8 Å². The van der Waals surface area contributed by atoms with Crippen LogP contribution in [0, 0.1) is 0 Å². The zero-order valence-corrected chi connectivity index (χ0v) is 9.40. The van der Waals surface area contributed by atoms with Crippen molar-refractivity contribution in [3.63, 3.8) is 0 Å². The topological polar surface area (TPSA) is 12.9 Å². The molecule has 0 N–H and O–H groups in total. The Hall–Kier alpha value is -0.860. The third-order valence-corrected chi connectivity index (χ3v) is 3.48. The highest BCUT2D eigenvalue weighted by molar-refractivity contribution is 7.16. The zero-order valence-electron chi connectivity index (χ0n) is 7.83. The number of aromatic nitrogens is 1. The Morgan fingerprint density at radius 3 is 3.00 bits per heavy atom. The van der Waals surface area contributed by atoms with Crippen LogP contribution in [0.2, 0.25) is 4.34 Å². The van der Waals surface area contributed by atoms with E-state index in [9.17, 15) is 0 Å². The van der Waals surface area contributed by atoms with E-state index in [1.807, 2.05) is 18.3 Å². The van der Waals surface area contributed by atoms with Crippen molar-refractivity contribution in [2.45, 2.75) is 13.3 Å². The minimum atomic E-state index is 0.848. The Labute approximate surface area is 92.4 Å². The van der Waals surface area contributed by atoms with Gasteiger partial charge in [-0.1, -0.05) is 24.6 Å². The molecule has 0 aliphatic carbocycles. The second kappa shape index (κ2) is 4.11. The predicted octanol–water partition coefficient (Wildman–Crippen LogP) is 4.03. The number of aryl methyl sites for hydroxylation is 1. The quantitative estimate of drug-likeness (QED) is 0.749. The Bertz CT molecular complexity index is 422. The fraction of sp³-hybridized carbons (Fsp3) is 0.182. The lowest BCUT2D eigenvalue weighted by atomic mass is 10.1. The van der Waals surface area contributed by atoms with Gasteiger partial charge in [0.25, 0.3) is 0 Å². The maximum atomic E-state index is 5.99. The highest BCUT2D eigenvalue weighted by Crippen LogP contribution is 2.34. The van der Waals surface area contributed by atoms with Crippen molar-refractivity contribution in [2.75, 3.05) is 0 Å². The summed E-state index contributed by atoms with van der Waals surface area (Å²) in [5, 5.41) is 0. The summed E-state index contributed by atoms with van der Waals surface area (Å²) < 4.78 is 0.848. The van der Waals surface area contributed by atoms with Gasteiger partial charge >= 0.3 is 0 Å². The van der Waals surface area contributed by atoms with Crippen LogP contribution in [0.3, 0.4) is 0 Å². The van der Waals surface area contributed by atoms with Gasteiger partial charge in [-0.15, -0.1) is 11.3 Å². The van der Waals surface area contributed by atoms with E-state index in [1.54, 1.807) is 17.5 Å². The fourth-order valence-corrected chi connectivity index (χ4v) is 2.66. The highest BCUT2D eigenvalue weighted by Gasteiger charge is 2.07. The molecule has 0 unspecified atom stereocenters. The standard InChI is InChI=1S/C11H10ClNS/c1-2-10-9(6-11(12)14-10)8-4-3-5-13-7-8/h3-7H,2H2,1H3. The molecule has 0 saturated heterocycles. The predicted molar refractivity (Wildman–Crippen MR) is 61.9 cm³/mol. The van der Waals surface area contributed by atoms with Crippen LogP contribution in [0.1, 0.15) is 11.8 Å². The average Bonchev–Trinajstić information content (AvgIpc) is 2.61. The monoisotopic (exact) mass is 223 g/mol. The van der Waals surface area contributed by atoms with Crippen LogP contribution in [0.5, 0.6) is 0 Å². The van der Waals surface area contributed by atoms with Crippen molar-refractivity contribution < 1.29 is 0 Å². The van der Waals surface area contributed by atoms with Gasteiger partial charge in [0.05, 0.1) is 4.34 Å². The van der Waals surface area contributed by atoms with Crippen LogP contribution in [-0.2, 0) is 6.42 Å². The van der Waals surface area contributed by atoms with E-state index < -0.39 is 0 Å². The number of rotatable bonds is 2. The number of thiophene rings is 1. The molecule has 0 amide bonds. The largest absolute Gasteiger partial charge is 0.264 e. The molecule has 0 atom stereocenters. The van der Waals surface area contributed by atoms with Crippen molar-refractivity contribution in [2.24, 2.45) is 0 Å². The molecule has 0 aliphatic heterocycles. The van der Waals surface area contributed by atoms with E-state index in [4.69, 9.17) is 11.6 Å². The summed E-state index contributed by atoms with van der Waals surface area (Å²) in [4.78, 5) is 5.43. The number of halogens is 1. The zero-order chi connectivity index (χ0) is 9.97. The third-order valence-electron chi connectivity index (χ3n) is 2.07. The molecule has 3 heteroatoms. The van der Waals surface area contributed by atoms with Gasteiger partial charge in [0.15, 0.2) is 0 Å². The van der Waals surface area contributed by atoms with E-state index in [0.29, 0.717) is 0 Å². The number of hydrogen-bond acceptors (Lipinski definition) is 2. The van der Waals surface area contributed by atoms with Crippen LogP contribution >= 0.6 is 22.9 Å². The summed E-state index contributed by atoms with van der Waals surface area (Å²) >= 11 is 7.64. The molecule has 0 radical (unpaired) electrons. The summed E-state index contributed by atoms with van der Waals surface area (Å²) in [6.07, 6.45) is 4.67. The first-order valence-corrected chi connectivity index (χ1v) is 5.69. The van der Waals surface area contributed by atoms with Gasteiger partial charge in [0.2, 0.25) is 0 Å². The van der Waals surface area contributed by atoms with Gasteiger partial charge in [-0.2, -0.15) is 0 Å². The van der Waals surface area contributed by atoms with Crippen molar-refractivity contribution in [1.29, 1.82) is 0 Å². The van der Waals surface area contributed by atoms with Crippen LogP contribution in [-0.4, -0.2) is 4.98 Å².